The van der Waals surface area contributed by atoms with Crippen LogP contribution in [0.2, 0.25) is 0 Å². The van der Waals surface area contributed by atoms with Crippen molar-refractivity contribution in [3.8, 4) is 0 Å². The quantitative estimate of drug-likeness (QED) is 0.812. The van der Waals surface area contributed by atoms with E-state index in [-0.39, 0.29) is 5.54 Å². The molecule has 0 saturated carbocycles. The Kier molecular flexibility index (Phi) is 2.69. The highest BCUT2D eigenvalue weighted by molar-refractivity contribution is 5.29. The minimum Gasteiger partial charge on any atom is -0.294 e. The summed E-state index contributed by atoms with van der Waals surface area (Å²) in [5.74, 6) is 0. The lowest BCUT2D eigenvalue weighted by molar-refractivity contribution is -0.166. The van der Waals surface area contributed by atoms with Crippen LogP contribution in [0, 0.1) is 0 Å². The van der Waals surface area contributed by atoms with Crippen molar-refractivity contribution in [2.24, 2.45) is 0 Å². The number of nitrogens with zero attached hydrogens (tertiary/aromatic N) is 1. The third kappa shape index (κ3) is 1.72. The van der Waals surface area contributed by atoms with Gasteiger partial charge in [-0.1, -0.05) is 60.7 Å². The average molecular weight is 265 g/mol. The zero-order chi connectivity index (χ0) is 13.6. The van der Waals surface area contributed by atoms with E-state index in [2.05, 4.69) is 72.7 Å². The Morgan fingerprint density at radius 3 is 2.30 bits per heavy atom. The standard InChI is InChI=1S/C18H19NO/c1-18(15-10-6-3-7-11-15)13-16-12-17(19(18)20-16)14-8-4-2-5-9-14/h2-11,16-17H,12-13H2,1H3/t16-,17+,18-/m0/s1. The van der Waals surface area contributed by atoms with Gasteiger partial charge in [-0.05, 0) is 24.5 Å². The van der Waals surface area contributed by atoms with Crippen LogP contribution in [0.15, 0.2) is 60.7 Å². The fourth-order valence-corrected chi connectivity index (χ4v) is 3.72. The Morgan fingerprint density at radius 1 is 1.00 bits per heavy atom. The zero-order valence-corrected chi connectivity index (χ0v) is 11.7. The minimum atomic E-state index is -0.00924. The van der Waals surface area contributed by atoms with Crippen LogP contribution in [0.4, 0.5) is 0 Å². The summed E-state index contributed by atoms with van der Waals surface area (Å²) in [6.45, 7) is 2.30. The maximum Gasteiger partial charge on any atom is 0.0834 e. The summed E-state index contributed by atoms with van der Waals surface area (Å²) in [6.07, 6.45) is 2.54. The molecule has 2 fully saturated rings. The van der Waals surface area contributed by atoms with Crippen molar-refractivity contribution in [2.75, 3.05) is 0 Å². The van der Waals surface area contributed by atoms with E-state index in [1.165, 1.54) is 11.1 Å². The number of hydrogen-bond acceptors (Lipinski definition) is 2. The van der Waals surface area contributed by atoms with Crippen molar-refractivity contribution < 1.29 is 4.84 Å². The zero-order valence-electron chi connectivity index (χ0n) is 11.7. The number of hydroxylamine groups is 2. The third-order valence-electron chi connectivity index (χ3n) is 4.72. The lowest BCUT2D eigenvalue weighted by Gasteiger charge is -2.39. The second-order valence-electron chi connectivity index (χ2n) is 6.06. The molecule has 2 aromatic rings. The first-order valence-electron chi connectivity index (χ1n) is 7.34. The molecule has 0 N–H and O–H groups in total. The van der Waals surface area contributed by atoms with Crippen LogP contribution in [-0.2, 0) is 10.4 Å². The molecule has 102 valence electrons. The lowest BCUT2D eigenvalue weighted by Crippen LogP contribution is -2.41. The summed E-state index contributed by atoms with van der Waals surface area (Å²) in [5, 5.41) is 2.24. The second-order valence-corrected chi connectivity index (χ2v) is 6.06. The van der Waals surface area contributed by atoms with Crippen molar-refractivity contribution in [1.82, 2.24) is 5.06 Å². The minimum absolute atomic E-state index is 0.00924. The summed E-state index contributed by atoms with van der Waals surface area (Å²) >= 11 is 0. The molecule has 0 aromatic heterocycles. The van der Waals surface area contributed by atoms with Crippen LogP contribution in [0.3, 0.4) is 0 Å². The van der Waals surface area contributed by atoms with Crippen LogP contribution < -0.4 is 0 Å². The summed E-state index contributed by atoms with van der Waals surface area (Å²) < 4.78 is 0. The Balaban J connectivity index is 1.72. The molecule has 2 aromatic carbocycles. The monoisotopic (exact) mass is 265 g/mol. The van der Waals surface area contributed by atoms with Crippen LogP contribution in [0.1, 0.15) is 36.9 Å². The Hall–Kier alpha value is -1.64. The van der Waals surface area contributed by atoms with Gasteiger partial charge in [0.15, 0.2) is 0 Å². The van der Waals surface area contributed by atoms with Gasteiger partial charge in [-0.25, -0.2) is 0 Å². The summed E-state index contributed by atoms with van der Waals surface area (Å²) in [5.41, 5.74) is 2.70. The summed E-state index contributed by atoms with van der Waals surface area (Å²) in [4.78, 5) is 6.14. The SMILES string of the molecule is C[C@@]1(c2ccccc2)C[C@@H]2C[C@H](c3ccccc3)N1O2. The van der Waals surface area contributed by atoms with E-state index in [1.54, 1.807) is 0 Å². The number of hydrogen-bond donors (Lipinski definition) is 0. The largest absolute Gasteiger partial charge is 0.294 e. The first-order valence-corrected chi connectivity index (χ1v) is 7.34. The molecular weight excluding hydrogens is 246 g/mol. The van der Waals surface area contributed by atoms with Gasteiger partial charge in [-0.15, -0.1) is 0 Å². The topological polar surface area (TPSA) is 12.5 Å². The summed E-state index contributed by atoms with van der Waals surface area (Å²) in [7, 11) is 0. The maximum atomic E-state index is 6.14. The van der Waals surface area contributed by atoms with Crippen molar-refractivity contribution in [3.63, 3.8) is 0 Å². The molecule has 0 aliphatic carbocycles. The maximum absolute atomic E-state index is 6.14. The van der Waals surface area contributed by atoms with Crippen LogP contribution >= 0.6 is 0 Å². The van der Waals surface area contributed by atoms with E-state index >= 15 is 0 Å². The smallest absolute Gasteiger partial charge is 0.0834 e. The number of benzene rings is 2. The van der Waals surface area contributed by atoms with E-state index in [1.807, 2.05) is 0 Å². The predicted octanol–water partition coefficient (Wildman–Crippen LogP) is 4.05. The first-order chi connectivity index (χ1) is 9.77. The molecule has 0 amide bonds. The van der Waals surface area contributed by atoms with Gasteiger partial charge in [0.2, 0.25) is 0 Å². The summed E-state index contributed by atoms with van der Waals surface area (Å²) in [6, 6.07) is 21.8. The number of rotatable bonds is 2. The molecule has 0 radical (unpaired) electrons. The molecule has 20 heavy (non-hydrogen) atoms. The molecule has 2 bridgehead atoms. The second kappa shape index (κ2) is 4.44. The van der Waals surface area contributed by atoms with Crippen molar-refractivity contribution in [3.05, 3.63) is 71.8 Å². The van der Waals surface area contributed by atoms with Crippen LogP contribution in [0.25, 0.3) is 0 Å². The molecule has 2 heteroatoms. The predicted molar refractivity (Wildman–Crippen MR) is 78.9 cm³/mol. The molecule has 1 unspecified atom stereocenters. The fraction of sp³-hybridized carbons (Fsp3) is 0.333. The van der Waals surface area contributed by atoms with E-state index in [0.717, 1.165) is 12.8 Å². The molecule has 2 aliphatic rings. The molecular formula is C18H19NO. The highest BCUT2D eigenvalue weighted by Gasteiger charge is 2.54. The molecule has 0 spiro atoms. The highest BCUT2D eigenvalue weighted by Crippen LogP contribution is 2.53. The van der Waals surface area contributed by atoms with E-state index < -0.39 is 0 Å². The van der Waals surface area contributed by atoms with Crippen molar-refractivity contribution >= 4 is 0 Å². The number of fused-ring (bicyclic) bond motifs is 2. The van der Waals surface area contributed by atoms with Gasteiger partial charge < -0.3 is 0 Å². The molecule has 2 aliphatic heterocycles. The van der Waals surface area contributed by atoms with Crippen LogP contribution in [-0.4, -0.2) is 11.2 Å². The third-order valence-corrected chi connectivity index (χ3v) is 4.72. The highest BCUT2D eigenvalue weighted by atomic mass is 16.7. The molecule has 2 saturated heterocycles. The first kappa shape index (κ1) is 12.1. The Labute approximate surface area is 119 Å². The molecule has 2 heterocycles. The van der Waals surface area contributed by atoms with E-state index in [4.69, 9.17) is 4.84 Å². The van der Waals surface area contributed by atoms with Crippen molar-refractivity contribution in [2.45, 2.75) is 37.5 Å². The Morgan fingerprint density at radius 2 is 1.65 bits per heavy atom. The molecule has 4 atom stereocenters. The normalized spacial score (nSPS) is 35.4. The Bertz CT molecular complexity index is 597. The lowest BCUT2D eigenvalue weighted by atomic mass is 9.80. The van der Waals surface area contributed by atoms with Gasteiger partial charge in [0.05, 0.1) is 17.7 Å². The van der Waals surface area contributed by atoms with Crippen molar-refractivity contribution in [1.29, 1.82) is 0 Å². The van der Waals surface area contributed by atoms with Crippen LogP contribution in [0.5, 0.6) is 0 Å². The van der Waals surface area contributed by atoms with E-state index in [9.17, 15) is 0 Å². The van der Waals surface area contributed by atoms with Gasteiger partial charge in [-0.3, -0.25) is 4.84 Å². The molecule has 2 nitrogen and oxygen atoms in total. The van der Waals surface area contributed by atoms with Gasteiger partial charge in [0, 0.05) is 6.42 Å². The van der Waals surface area contributed by atoms with E-state index in [0.29, 0.717) is 12.1 Å². The average Bonchev–Trinajstić information content (AvgIpc) is 3.07. The van der Waals surface area contributed by atoms with Gasteiger partial charge in [0.25, 0.3) is 0 Å². The number of piperidine rings is 1. The molecule has 4 rings (SSSR count). The van der Waals surface area contributed by atoms with Gasteiger partial charge in [0.1, 0.15) is 0 Å². The fourth-order valence-electron chi connectivity index (χ4n) is 3.72. The van der Waals surface area contributed by atoms with Gasteiger partial charge >= 0.3 is 0 Å². The van der Waals surface area contributed by atoms with Gasteiger partial charge in [-0.2, -0.15) is 5.06 Å².